The lowest BCUT2D eigenvalue weighted by Gasteiger charge is -2.26. The summed E-state index contributed by atoms with van der Waals surface area (Å²) in [6.45, 7) is 2.45. The van der Waals surface area contributed by atoms with Crippen LogP contribution in [-0.2, 0) is 9.36 Å². The molecular formula is C19H23N2O4P. The lowest BCUT2D eigenvalue weighted by Crippen LogP contribution is -2.45. The van der Waals surface area contributed by atoms with E-state index in [0.717, 1.165) is 19.4 Å². The molecule has 26 heavy (non-hydrogen) atoms. The van der Waals surface area contributed by atoms with Gasteiger partial charge in [-0.15, -0.1) is 0 Å². The highest BCUT2D eigenvalue weighted by molar-refractivity contribution is 7.55. The van der Waals surface area contributed by atoms with Crippen molar-refractivity contribution in [2.45, 2.75) is 31.6 Å². The van der Waals surface area contributed by atoms with Gasteiger partial charge in [0.2, 0.25) is 5.91 Å². The second kappa shape index (κ2) is 8.39. The Labute approximate surface area is 153 Å². The van der Waals surface area contributed by atoms with E-state index in [2.05, 4.69) is 10.6 Å². The Hall–Kier alpha value is -2.30. The van der Waals surface area contributed by atoms with Crippen molar-refractivity contribution in [2.75, 3.05) is 6.54 Å². The molecular weight excluding hydrogens is 351 g/mol. The molecule has 138 valence electrons. The van der Waals surface area contributed by atoms with E-state index < -0.39 is 13.4 Å². The lowest BCUT2D eigenvalue weighted by atomic mass is 10.2. The quantitative estimate of drug-likeness (QED) is 0.725. The molecule has 0 aliphatic carbocycles. The molecule has 0 bridgehead atoms. The van der Waals surface area contributed by atoms with Crippen molar-refractivity contribution < 1.29 is 18.4 Å². The molecule has 6 nitrogen and oxygen atoms in total. The molecule has 0 saturated carbocycles. The summed E-state index contributed by atoms with van der Waals surface area (Å²) in [5, 5.41) is 5.92. The van der Waals surface area contributed by atoms with E-state index >= 15 is 0 Å². The van der Waals surface area contributed by atoms with Crippen LogP contribution in [0, 0.1) is 0 Å². The van der Waals surface area contributed by atoms with Crippen LogP contribution in [0.2, 0.25) is 0 Å². The summed E-state index contributed by atoms with van der Waals surface area (Å²) < 4.78 is 25.0. The maximum atomic E-state index is 13.5. The number of carbonyl (C=O) groups excluding carboxylic acids is 1. The van der Waals surface area contributed by atoms with Crippen molar-refractivity contribution in [2.24, 2.45) is 0 Å². The Kier molecular flexibility index (Phi) is 5.96. The van der Waals surface area contributed by atoms with Gasteiger partial charge in [0.1, 0.15) is 11.5 Å². The van der Waals surface area contributed by atoms with Gasteiger partial charge < -0.3 is 19.7 Å². The van der Waals surface area contributed by atoms with Crippen LogP contribution in [0.3, 0.4) is 0 Å². The van der Waals surface area contributed by atoms with Crippen molar-refractivity contribution >= 4 is 13.5 Å². The van der Waals surface area contributed by atoms with Gasteiger partial charge >= 0.3 is 7.60 Å². The molecule has 0 radical (unpaired) electrons. The first-order valence-corrected chi connectivity index (χ1v) is 10.3. The molecule has 2 atom stereocenters. The van der Waals surface area contributed by atoms with E-state index in [1.54, 1.807) is 55.5 Å². The van der Waals surface area contributed by atoms with Crippen molar-refractivity contribution in [3.8, 4) is 11.5 Å². The van der Waals surface area contributed by atoms with Gasteiger partial charge in [-0.3, -0.25) is 4.79 Å². The SMILES string of the molecule is C[C@H](NC(=O)[C@@H]1CCCN1)P(=O)(Oc1ccccc1)Oc1ccccc1. The van der Waals surface area contributed by atoms with Crippen molar-refractivity contribution in [3.05, 3.63) is 60.7 Å². The molecule has 0 spiro atoms. The Bertz CT molecular complexity index is 718. The zero-order valence-corrected chi connectivity index (χ0v) is 15.5. The van der Waals surface area contributed by atoms with Crippen LogP contribution < -0.4 is 19.7 Å². The molecule has 1 heterocycles. The monoisotopic (exact) mass is 374 g/mol. The third-order valence-electron chi connectivity index (χ3n) is 4.15. The minimum Gasteiger partial charge on any atom is -0.415 e. The first-order chi connectivity index (χ1) is 12.6. The average Bonchev–Trinajstić information content (AvgIpc) is 3.18. The van der Waals surface area contributed by atoms with E-state index in [-0.39, 0.29) is 11.9 Å². The largest absolute Gasteiger partial charge is 0.452 e. The fourth-order valence-electron chi connectivity index (χ4n) is 2.73. The van der Waals surface area contributed by atoms with Crippen LogP contribution >= 0.6 is 7.60 Å². The number of amides is 1. The second-order valence-electron chi connectivity index (χ2n) is 6.18. The second-order valence-corrected chi connectivity index (χ2v) is 8.40. The number of hydrogen-bond donors (Lipinski definition) is 2. The summed E-state index contributed by atoms with van der Waals surface area (Å²) in [7, 11) is -3.71. The van der Waals surface area contributed by atoms with E-state index in [1.165, 1.54) is 0 Å². The molecule has 1 saturated heterocycles. The van der Waals surface area contributed by atoms with Gasteiger partial charge in [-0.25, -0.2) is 4.57 Å². The van der Waals surface area contributed by atoms with E-state index in [0.29, 0.717) is 11.5 Å². The van der Waals surface area contributed by atoms with Gasteiger partial charge in [-0.2, -0.15) is 0 Å². The molecule has 3 rings (SSSR count). The first kappa shape index (κ1) is 18.5. The topological polar surface area (TPSA) is 76.7 Å². The number of carbonyl (C=O) groups is 1. The van der Waals surface area contributed by atoms with Crippen LogP contribution in [0.5, 0.6) is 11.5 Å². The molecule has 0 unspecified atom stereocenters. The molecule has 1 aliphatic heterocycles. The summed E-state index contributed by atoms with van der Waals surface area (Å²) in [6.07, 6.45) is 1.72. The van der Waals surface area contributed by atoms with E-state index in [1.807, 2.05) is 12.1 Å². The highest BCUT2D eigenvalue weighted by Gasteiger charge is 2.38. The molecule has 1 fully saturated rings. The number of hydrogen-bond acceptors (Lipinski definition) is 5. The van der Waals surface area contributed by atoms with Crippen LogP contribution in [0.15, 0.2) is 60.7 Å². The number of rotatable bonds is 7. The number of para-hydroxylation sites is 2. The number of benzene rings is 2. The van der Waals surface area contributed by atoms with Gasteiger partial charge in [0, 0.05) is 0 Å². The Morgan fingerprint density at radius 3 is 2.08 bits per heavy atom. The fourth-order valence-corrected chi connectivity index (χ4v) is 4.20. The maximum absolute atomic E-state index is 13.5. The van der Waals surface area contributed by atoms with Crippen LogP contribution in [-0.4, -0.2) is 24.3 Å². The zero-order chi connectivity index (χ0) is 18.4. The maximum Gasteiger partial charge on any atom is 0.452 e. The third kappa shape index (κ3) is 4.65. The van der Waals surface area contributed by atoms with Gasteiger partial charge in [0.15, 0.2) is 5.78 Å². The van der Waals surface area contributed by atoms with Gasteiger partial charge in [-0.05, 0) is 50.6 Å². The molecule has 2 aromatic carbocycles. The molecule has 7 heteroatoms. The molecule has 1 aliphatic rings. The fraction of sp³-hybridized carbons (Fsp3) is 0.316. The standard InChI is InChI=1S/C19H23N2O4P/c1-15(21-19(22)18-13-8-14-20-18)26(23,24-16-9-4-2-5-10-16)25-17-11-6-3-7-12-17/h2-7,9-12,15,18,20H,8,13-14H2,1H3,(H,21,22)/t15-,18+/m1/s1. The van der Waals surface area contributed by atoms with Crippen molar-refractivity contribution in [1.82, 2.24) is 10.6 Å². The molecule has 0 aromatic heterocycles. The number of nitrogens with one attached hydrogen (secondary N) is 2. The van der Waals surface area contributed by atoms with Crippen LogP contribution in [0.25, 0.3) is 0 Å². The lowest BCUT2D eigenvalue weighted by molar-refractivity contribution is -0.123. The third-order valence-corrected chi connectivity index (χ3v) is 6.16. The smallest absolute Gasteiger partial charge is 0.415 e. The predicted octanol–water partition coefficient (Wildman–Crippen LogP) is 3.55. The normalized spacial score (nSPS) is 18.1. The highest BCUT2D eigenvalue weighted by atomic mass is 31.2. The Morgan fingerprint density at radius 1 is 1.08 bits per heavy atom. The predicted molar refractivity (Wildman–Crippen MR) is 100 cm³/mol. The van der Waals surface area contributed by atoms with Gasteiger partial charge in [-0.1, -0.05) is 36.4 Å². The van der Waals surface area contributed by atoms with Crippen molar-refractivity contribution in [3.63, 3.8) is 0 Å². The molecule has 1 amide bonds. The van der Waals surface area contributed by atoms with Gasteiger partial charge in [0.25, 0.3) is 0 Å². The van der Waals surface area contributed by atoms with E-state index in [9.17, 15) is 9.36 Å². The minimum atomic E-state index is -3.71. The first-order valence-electron chi connectivity index (χ1n) is 8.69. The zero-order valence-electron chi connectivity index (χ0n) is 14.6. The molecule has 2 N–H and O–H groups in total. The van der Waals surface area contributed by atoms with Crippen molar-refractivity contribution in [1.29, 1.82) is 0 Å². The summed E-state index contributed by atoms with van der Waals surface area (Å²) >= 11 is 0. The van der Waals surface area contributed by atoms with Crippen LogP contribution in [0.1, 0.15) is 19.8 Å². The summed E-state index contributed by atoms with van der Waals surface area (Å²) in [5.41, 5.74) is 0. The summed E-state index contributed by atoms with van der Waals surface area (Å²) in [6, 6.07) is 17.4. The highest BCUT2D eigenvalue weighted by Crippen LogP contribution is 2.51. The summed E-state index contributed by atoms with van der Waals surface area (Å²) in [4.78, 5) is 12.4. The van der Waals surface area contributed by atoms with Crippen LogP contribution in [0.4, 0.5) is 0 Å². The Morgan fingerprint density at radius 2 is 1.62 bits per heavy atom. The molecule has 2 aromatic rings. The van der Waals surface area contributed by atoms with E-state index in [4.69, 9.17) is 9.05 Å². The van der Waals surface area contributed by atoms with Gasteiger partial charge in [0.05, 0.1) is 6.04 Å². The Balaban J connectivity index is 1.79. The minimum absolute atomic E-state index is 0.191. The summed E-state index contributed by atoms with van der Waals surface area (Å²) in [5.74, 6) is -0.153. The average molecular weight is 374 g/mol.